The van der Waals surface area contributed by atoms with E-state index in [9.17, 15) is 9.59 Å². The second-order valence-electron chi connectivity index (χ2n) is 8.15. The summed E-state index contributed by atoms with van der Waals surface area (Å²) in [5, 5.41) is 6.11. The third kappa shape index (κ3) is 5.35. The number of benzene rings is 2. The molecule has 0 bridgehead atoms. The fourth-order valence-electron chi connectivity index (χ4n) is 3.38. The van der Waals surface area contributed by atoms with E-state index in [1.807, 2.05) is 42.5 Å². The summed E-state index contributed by atoms with van der Waals surface area (Å²) >= 11 is 0. The van der Waals surface area contributed by atoms with E-state index in [1.165, 1.54) is 0 Å². The number of carbonyl (C=O) groups excluding carboxylic acids is 2. The van der Waals surface area contributed by atoms with Crippen molar-refractivity contribution < 1.29 is 14.3 Å². The van der Waals surface area contributed by atoms with Crippen molar-refractivity contribution in [2.45, 2.75) is 26.2 Å². The molecule has 0 saturated carbocycles. The van der Waals surface area contributed by atoms with Gasteiger partial charge in [-0.15, -0.1) is 0 Å². The van der Waals surface area contributed by atoms with Crippen LogP contribution in [-0.2, 0) is 14.9 Å². The molecule has 1 saturated heterocycles. The largest absolute Gasteiger partial charge is 0.378 e. The van der Waals surface area contributed by atoms with Crippen molar-refractivity contribution in [1.82, 2.24) is 4.90 Å². The first kappa shape index (κ1) is 20.9. The van der Waals surface area contributed by atoms with Gasteiger partial charge >= 0.3 is 0 Å². The monoisotopic (exact) mass is 395 g/mol. The van der Waals surface area contributed by atoms with E-state index in [2.05, 4.69) is 31.4 Å². The first-order valence-corrected chi connectivity index (χ1v) is 9.95. The number of para-hydroxylation sites is 2. The first-order valence-electron chi connectivity index (χ1n) is 9.95. The molecule has 0 spiro atoms. The lowest BCUT2D eigenvalue weighted by atomic mass is 9.86. The normalized spacial score (nSPS) is 14.4. The number of anilines is 2. The number of morpholine rings is 1. The van der Waals surface area contributed by atoms with E-state index in [4.69, 9.17) is 4.74 Å². The summed E-state index contributed by atoms with van der Waals surface area (Å²) in [6.07, 6.45) is 0. The Morgan fingerprint density at radius 3 is 2.28 bits per heavy atom. The highest BCUT2D eigenvalue weighted by atomic mass is 16.5. The van der Waals surface area contributed by atoms with Crippen LogP contribution >= 0.6 is 0 Å². The van der Waals surface area contributed by atoms with Crippen molar-refractivity contribution in [1.29, 1.82) is 0 Å². The minimum atomic E-state index is -0.157. The van der Waals surface area contributed by atoms with E-state index in [1.54, 1.807) is 11.0 Å². The zero-order valence-electron chi connectivity index (χ0n) is 17.3. The number of hydrogen-bond donors (Lipinski definition) is 2. The maximum absolute atomic E-state index is 12.8. The van der Waals surface area contributed by atoms with Gasteiger partial charge in [-0.1, -0.05) is 51.1 Å². The Morgan fingerprint density at radius 2 is 1.59 bits per heavy atom. The number of rotatable bonds is 5. The molecule has 3 rings (SSSR count). The van der Waals surface area contributed by atoms with Crippen LogP contribution < -0.4 is 10.6 Å². The summed E-state index contributed by atoms with van der Waals surface area (Å²) in [4.78, 5) is 27.2. The molecule has 0 aromatic heterocycles. The van der Waals surface area contributed by atoms with E-state index in [-0.39, 0.29) is 23.8 Å². The number of nitrogens with one attached hydrogen (secondary N) is 2. The first-order chi connectivity index (χ1) is 13.9. The lowest BCUT2D eigenvalue weighted by Crippen LogP contribution is -2.41. The molecule has 6 heteroatoms. The molecule has 2 aromatic rings. The quantitative estimate of drug-likeness (QED) is 0.813. The van der Waals surface area contributed by atoms with Gasteiger partial charge in [0.25, 0.3) is 5.91 Å². The maximum atomic E-state index is 12.8. The fraction of sp³-hybridized carbons (Fsp3) is 0.391. The molecule has 2 N–H and O–H groups in total. The molecule has 154 valence electrons. The Kier molecular flexibility index (Phi) is 6.54. The van der Waals surface area contributed by atoms with Gasteiger partial charge in [0.2, 0.25) is 5.91 Å². The topological polar surface area (TPSA) is 70.7 Å². The lowest BCUT2D eigenvalue weighted by molar-refractivity contribution is -0.114. The standard InChI is InChI=1S/C23H29N3O3/c1-23(2,3)18-9-5-7-11-20(18)25-21(27)16-24-19-10-6-4-8-17(19)22(28)26-12-14-29-15-13-26/h4-11,24H,12-16H2,1-3H3,(H,25,27). The van der Waals surface area contributed by atoms with E-state index in [0.29, 0.717) is 37.6 Å². The van der Waals surface area contributed by atoms with E-state index >= 15 is 0 Å². The van der Waals surface area contributed by atoms with E-state index < -0.39 is 0 Å². The summed E-state index contributed by atoms with van der Waals surface area (Å²) in [6, 6.07) is 15.1. The number of ether oxygens (including phenoxy) is 1. The van der Waals surface area contributed by atoms with Crippen molar-refractivity contribution in [3.8, 4) is 0 Å². The van der Waals surface area contributed by atoms with Crippen molar-refractivity contribution in [3.05, 3.63) is 59.7 Å². The summed E-state index contributed by atoms with van der Waals surface area (Å²) in [6.45, 7) is 8.69. The molecule has 1 fully saturated rings. The number of amides is 2. The van der Waals surface area contributed by atoms with Crippen LogP contribution in [0.1, 0.15) is 36.7 Å². The minimum absolute atomic E-state index is 0.0464. The fourth-order valence-corrected chi connectivity index (χ4v) is 3.38. The van der Waals surface area contributed by atoms with Crippen LogP contribution in [0, 0.1) is 0 Å². The minimum Gasteiger partial charge on any atom is -0.378 e. The zero-order chi connectivity index (χ0) is 20.9. The van der Waals surface area contributed by atoms with Gasteiger partial charge in [0, 0.05) is 24.5 Å². The number of hydrogen-bond acceptors (Lipinski definition) is 4. The van der Waals surface area contributed by atoms with Crippen LogP contribution in [0.5, 0.6) is 0 Å². The Morgan fingerprint density at radius 1 is 0.966 bits per heavy atom. The Labute approximate surface area is 172 Å². The third-order valence-corrected chi connectivity index (χ3v) is 4.90. The molecule has 2 amide bonds. The molecule has 2 aromatic carbocycles. The molecule has 0 radical (unpaired) electrons. The predicted octanol–water partition coefficient (Wildman–Crippen LogP) is 3.51. The van der Waals surface area contributed by atoms with Gasteiger partial charge < -0.3 is 20.3 Å². The van der Waals surface area contributed by atoms with Gasteiger partial charge in [0.05, 0.1) is 25.3 Å². The molecular formula is C23H29N3O3. The van der Waals surface area contributed by atoms with Gasteiger partial charge in [0.1, 0.15) is 0 Å². The molecule has 1 aliphatic heterocycles. The van der Waals surface area contributed by atoms with Gasteiger partial charge in [-0.25, -0.2) is 0 Å². The second kappa shape index (κ2) is 9.09. The Bertz CT molecular complexity index is 868. The highest BCUT2D eigenvalue weighted by Gasteiger charge is 2.21. The smallest absolute Gasteiger partial charge is 0.256 e. The third-order valence-electron chi connectivity index (χ3n) is 4.90. The van der Waals surface area contributed by atoms with Crippen LogP contribution in [0.2, 0.25) is 0 Å². The second-order valence-corrected chi connectivity index (χ2v) is 8.15. The Hall–Kier alpha value is -2.86. The number of carbonyl (C=O) groups is 2. The maximum Gasteiger partial charge on any atom is 0.256 e. The van der Waals surface area contributed by atoms with Crippen molar-refractivity contribution in [2.75, 3.05) is 43.5 Å². The van der Waals surface area contributed by atoms with Crippen molar-refractivity contribution in [2.24, 2.45) is 0 Å². The summed E-state index contributed by atoms with van der Waals surface area (Å²) < 4.78 is 5.32. The molecule has 0 aliphatic carbocycles. The van der Waals surface area contributed by atoms with Crippen LogP contribution in [0.3, 0.4) is 0 Å². The van der Waals surface area contributed by atoms with Gasteiger partial charge in [-0.05, 0) is 29.2 Å². The van der Waals surface area contributed by atoms with Crippen LogP contribution in [-0.4, -0.2) is 49.6 Å². The van der Waals surface area contributed by atoms with Crippen LogP contribution in [0.15, 0.2) is 48.5 Å². The highest BCUT2D eigenvalue weighted by molar-refractivity contribution is 6.01. The SMILES string of the molecule is CC(C)(C)c1ccccc1NC(=O)CNc1ccccc1C(=O)N1CCOCC1. The average molecular weight is 396 g/mol. The van der Waals surface area contributed by atoms with E-state index in [0.717, 1.165) is 11.3 Å². The van der Waals surface area contributed by atoms with Gasteiger partial charge in [-0.2, -0.15) is 0 Å². The van der Waals surface area contributed by atoms with Crippen LogP contribution in [0.4, 0.5) is 11.4 Å². The molecule has 29 heavy (non-hydrogen) atoms. The molecule has 0 unspecified atom stereocenters. The van der Waals surface area contributed by atoms with Gasteiger partial charge in [0.15, 0.2) is 0 Å². The lowest BCUT2D eigenvalue weighted by Gasteiger charge is -2.27. The zero-order valence-corrected chi connectivity index (χ0v) is 17.3. The number of nitrogens with zero attached hydrogens (tertiary/aromatic N) is 1. The van der Waals surface area contributed by atoms with Crippen LogP contribution in [0.25, 0.3) is 0 Å². The predicted molar refractivity (Wildman–Crippen MR) is 115 cm³/mol. The molecule has 1 heterocycles. The Balaban J connectivity index is 1.67. The van der Waals surface area contributed by atoms with Crippen molar-refractivity contribution in [3.63, 3.8) is 0 Å². The highest BCUT2D eigenvalue weighted by Crippen LogP contribution is 2.29. The summed E-state index contributed by atoms with van der Waals surface area (Å²) in [5.74, 6) is -0.204. The van der Waals surface area contributed by atoms with Gasteiger partial charge in [-0.3, -0.25) is 9.59 Å². The summed E-state index contributed by atoms with van der Waals surface area (Å²) in [7, 11) is 0. The molecule has 1 aliphatic rings. The molecule has 0 atom stereocenters. The molecular weight excluding hydrogens is 366 g/mol. The van der Waals surface area contributed by atoms with Crippen molar-refractivity contribution >= 4 is 23.2 Å². The average Bonchev–Trinajstić information content (AvgIpc) is 2.72. The molecule has 6 nitrogen and oxygen atoms in total. The summed E-state index contributed by atoms with van der Waals surface area (Å²) in [5.41, 5.74) is 3.04.